The van der Waals surface area contributed by atoms with Crippen molar-refractivity contribution in [1.29, 1.82) is 0 Å². The van der Waals surface area contributed by atoms with Gasteiger partial charge in [-0.25, -0.2) is 5.43 Å². The molecule has 0 heterocycles. The maximum atomic E-state index is 12.2. The molecule has 0 atom stereocenters. The Labute approximate surface area is 151 Å². The SMILES string of the molecule is C/C(=N/NC(=O)Cc1cc(C)ccc1C)c1ccc(C(C)(C)C)cc1. The molecule has 2 aromatic carbocycles. The zero-order valence-corrected chi connectivity index (χ0v) is 16.1. The van der Waals surface area contributed by atoms with Crippen molar-refractivity contribution < 1.29 is 4.79 Å². The maximum Gasteiger partial charge on any atom is 0.244 e. The number of amides is 1. The Morgan fingerprint density at radius 3 is 2.28 bits per heavy atom. The lowest BCUT2D eigenvalue weighted by atomic mass is 9.86. The van der Waals surface area contributed by atoms with Crippen LogP contribution in [0.25, 0.3) is 0 Å². The van der Waals surface area contributed by atoms with E-state index in [4.69, 9.17) is 0 Å². The van der Waals surface area contributed by atoms with E-state index in [-0.39, 0.29) is 11.3 Å². The molecule has 0 aliphatic heterocycles. The van der Waals surface area contributed by atoms with E-state index < -0.39 is 0 Å². The Bertz CT molecular complexity index is 781. The van der Waals surface area contributed by atoms with E-state index in [9.17, 15) is 4.79 Å². The van der Waals surface area contributed by atoms with Crippen molar-refractivity contribution in [3.8, 4) is 0 Å². The topological polar surface area (TPSA) is 41.5 Å². The first-order valence-corrected chi connectivity index (χ1v) is 8.67. The van der Waals surface area contributed by atoms with Gasteiger partial charge in [-0.3, -0.25) is 4.79 Å². The van der Waals surface area contributed by atoms with E-state index in [1.165, 1.54) is 5.56 Å². The molecule has 1 N–H and O–H groups in total. The largest absolute Gasteiger partial charge is 0.273 e. The van der Waals surface area contributed by atoms with Crippen LogP contribution in [0.2, 0.25) is 0 Å². The fraction of sp³-hybridized carbons (Fsp3) is 0.364. The number of carbonyl (C=O) groups excluding carboxylic acids is 1. The molecule has 0 fully saturated rings. The fourth-order valence-electron chi connectivity index (χ4n) is 2.63. The number of nitrogens with one attached hydrogen (secondary N) is 1. The molecule has 0 spiro atoms. The molecular formula is C22H28N2O. The third-order valence-electron chi connectivity index (χ3n) is 4.37. The minimum Gasteiger partial charge on any atom is -0.273 e. The molecule has 3 nitrogen and oxygen atoms in total. The first-order chi connectivity index (χ1) is 11.7. The predicted octanol–water partition coefficient (Wildman–Crippen LogP) is 4.68. The summed E-state index contributed by atoms with van der Waals surface area (Å²) in [5.41, 5.74) is 9.22. The van der Waals surface area contributed by atoms with E-state index in [0.717, 1.165) is 28.0 Å². The first-order valence-electron chi connectivity index (χ1n) is 8.67. The number of rotatable bonds is 4. The van der Waals surface area contributed by atoms with Crippen LogP contribution in [0.3, 0.4) is 0 Å². The zero-order chi connectivity index (χ0) is 18.6. The molecule has 0 aliphatic rings. The molecule has 2 aromatic rings. The van der Waals surface area contributed by atoms with Crippen molar-refractivity contribution in [3.63, 3.8) is 0 Å². The number of hydrogen-bond donors (Lipinski definition) is 1. The molecule has 0 unspecified atom stereocenters. The average molecular weight is 336 g/mol. The predicted molar refractivity (Wildman–Crippen MR) is 105 cm³/mol. The third-order valence-corrected chi connectivity index (χ3v) is 4.37. The highest BCUT2D eigenvalue weighted by Crippen LogP contribution is 2.22. The van der Waals surface area contributed by atoms with Gasteiger partial charge < -0.3 is 0 Å². The first kappa shape index (κ1) is 18.9. The number of hydrazone groups is 1. The van der Waals surface area contributed by atoms with Gasteiger partial charge in [0.1, 0.15) is 0 Å². The van der Waals surface area contributed by atoms with Crippen molar-refractivity contribution in [1.82, 2.24) is 5.43 Å². The van der Waals surface area contributed by atoms with Crippen LogP contribution in [-0.4, -0.2) is 11.6 Å². The Morgan fingerprint density at radius 2 is 1.68 bits per heavy atom. The lowest BCUT2D eigenvalue weighted by Gasteiger charge is -2.19. The summed E-state index contributed by atoms with van der Waals surface area (Å²) >= 11 is 0. The van der Waals surface area contributed by atoms with Crippen molar-refractivity contribution in [2.75, 3.05) is 0 Å². The van der Waals surface area contributed by atoms with E-state index in [1.807, 2.05) is 26.8 Å². The van der Waals surface area contributed by atoms with Crippen LogP contribution in [0.15, 0.2) is 47.6 Å². The summed E-state index contributed by atoms with van der Waals surface area (Å²) in [4.78, 5) is 12.2. The van der Waals surface area contributed by atoms with Gasteiger partial charge in [-0.05, 0) is 48.4 Å². The van der Waals surface area contributed by atoms with Gasteiger partial charge in [0.05, 0.1) is 12.1 Å². The second kappa shape index (κ2) is 7.64. The summed E-state index contributed by atoms with van der Waals surface area (Å²) in [7, 11) is 0. The highest BCUT2D eigenvalue weighted by atomic mass is 16.2. The smallest absolute Gasteiger partial charge is 0.244 e. The van der Waals surface area contributed by atoms with Crippen LogP contribution < -0.4 is 5.43 Å². The van der Waals surface area contributed by atoms with Crippen LogP contribution >= 0.6 is 0 Å². The minimum absolute atomic E-state index is 0.0978. The second-order valence-electron chi connectivity index (χ2n) is 7.67. The van der Waals surface area contributed by atoms with Crippen molar-refractivity contribution in [2.24, 2.45) is 5.10 Å². The van der Waals surface area contributed by atoms with Gasteiger partial charge in [-0.15, -0.1) is 0 Å². The molecule has 1 amide bonds. The number of carbonyl (C=O) groups is 1. The quantitative estimate of drug-likeness (QED) is 0.639. The highest BCUT2D eigenvalue weighted by Gasteiger charge is 2.13. The lowest BCUT2D eigenvalue weighted by molar-refractivity contribution is -0.120. The summed E-state index contributed by atoms with van der Waals surface area (Å²) in [6.45, 7) is 12.5. The molecule has 0 bridgehead atoms. The molecule has 0 aliphatic carbocycles. The average Bonchev–Trinajstić information content (AvgIpc) is 2.55. The maximum absolute atomic E-state index is 12.2. The van der Waals surface area contributed by atoms with Crippen LogP contribution in [0.1, 0.15) is 55.5 Å². The summed E-state index contributed by atoms with van der Waals surface area (Å²) in [6, 6.07) is 14.5. The van der Waals surface area contributed by atoms with Crippen molar-refractivity contribution >= 4 is 11.6 Å². The second-order valence-corrected chi connectivity index (χ2v) is 7.67. The Hall–Kier alpha value is -2.42. The number of benzene rings is 2. The standard InChI is InChI=1S/C22H28N2O/c1-15-7-8-16(2)19(13-15)14-21(25)24-23-17(3)18-9-11-20(12-10-18)22(4,5)6/h7-13H,14H2,1-6H3,(H,24,25)/b23-17-. The number of hydrogen-bond acceptors (Lipinski definition) is 2. The summed E-state index contributed by atoms with van der Waals surface area (Å²) < 4.78 is 0. The van der Waals surface area contributed by atoms with Gasteiger partial charge in [0.15, 0.2) is 0 Å². The van der Waals surface area contributed by atoms with Crippen molar-refractivity contribution in [2.45, 2.75) is 53.4 Å². The molecule has 0 saturated carbocycles. The van der Waals surface area contributed by atoms with Crippen LogP contribution in [-0.2, 0) is 16.6 Å². The molecule has 25 heavy (non-hydrogen) atoms. The summed E-state index contributed by atoms with van der Waals surface area (Å²) in [5, 5.41) is 4.25. The summed E-state index contributed by atoms with van der Waals surface area (Å²) in [5.74, 6) is -0.0978. The van der Waals surface area contributed by atoms with Crippen LogP contribution in [0.5, 0.6) is 0 Å². The molecular weight excluding hydrogens is 308 g/mol. The third kappa shape index (κ3) is 5.28. The number of nitrogens with zero attached hydrogens (tertiary/aromatic N) is 1. The van der Waals surface area contributed by atoms with Crippen LogP contribution in [0, 0.1) is 13.8 Å². The Balaban J connectivity index is 2.03. The van der Waals surface area contributed by atoms with Gasteiger partial charge in [0.2, 0.25) is 5.91 Å². The lowest BCUT2D eigenvalue weighted by Crippen LogP contribution is -2.21. The molecule has 0 aromatic heterocycles. The highest BCUT2D eigenvalue weighted by molar-refractivity contribution is 5.99. The zero-order valence-electron chi connectivity index (χ0n) is 16.1. The van der Waals surface area contributed by atoms with E-state index in [0.29, 0.717) is 6.42 Å². The van der Waals surface area contributed by atoms with Gasteiger partial charge in [-0.1, -0.05) is 68.8 Å². The van der Waals surface area contributed by atoms with Crippen molar-refractivity contribution in [3.05, 3.63) is 70.3 Å². The minimum atomic E-state index is -0.0978. The number of aryl methyl sites for hydroxylation is 2. The van der Waals surface area contributed by atoms with Crippen LogP contribution in [0.4, 0.5) is 0 Å². The monoisotopic (exact) mass is 336 g/mol. The Morgan fingerprint density at radius 1 is 1.04 bits per heavy atom. The normalized spacial score (nSPS) is 12.2. The molecule has 0 saturated heterocycles. The van der Waals surface area contributed by atoms with Gasteiger partial charge >= 0.3 is 0 Å². The van der Waals surface area contributed by atoms with E-state index in [1.54, 1.807) is 0 Å². The van der Waals surface area contributed by atoms with E-state index >= 15 is 0 Å². The molecule has 132 valence electrons. The fourth-order valence-corrected chi connectivity index (χ4v) is 2.63. The summed E-state index contributed by atoms with van der Waals surface area (Å²) in [6.07, 6.45) is 0.341. The molecule has 3 heteroatoms. The molecule has 2 rings (SSSR count). The van der Waals surface area contributed by atoms with Gasteiger partial charge in [0, 0.05) is 0 Å². The van der Waals surface area contributed by atoms with Gasteiger partial charge in [0.25, 0.3) is 0 Å². The van der Waals surface area contributed by atoms with Gasteiger partial charge in [-0.2, -0.15) is 5.10 Å². The van der Waals surface area contributed by atoms with E-state index in [2.05, 4.69) is 67.7 Å². The molecule has 0 radical (unpaired) electrons. The Kier molecular flexibility index (Phi) is 5.78.